The van der Waals surface area contributed by atoms with Crippen LogP contribution in [0.1, 0.15) is 31.7 Å². The molecule has 1 aliphatic carbocycles. The number of alkyl halides is 1. The first-order valence-electron chi connectivity index (χ1n) is 6.54. The largest absolute Gasteiger partial charge is 0.490 e. The second kappa shape index (κ2) is 6.16. The smallest absolute Gasteiger partial charge is 0.161 e. The second-order valence-electron chi connectivity index (χ2n) is 4.97. The van der Waals surface area contributed by atoms with Crippen molar-refractivity contribution >= 4 is 11.6 Å². The summed E-state index contributed by atoms with van der Waals surface area (Å²) in [4.78, 5) is 0. The van der Waals surface area contributed by atoms with E-state index >= 15 is 0 Å². The van der Waals surface area contributed by atoms with Crippen LogP contribution in [0.15, 0.2) is 18.2 Å². The molecule has 0 saturated heterocycles. The van der Waals surface area contributed by atoms with Gasteiger partial charge in [0.2, 0.25) is 0 Å². The standard InChI is InChI=1S/C15H18ClNO2/c1-2-18-14-9-12(10-16)3-4-13(14)19-11-15(5-6-15)7-8-17/h3-4,9H,2,5-7,10-11H2,1H3. The van der Waals surface area contributed by atoms with Gasteiger partial charge in [-0.25, -0.2) is 0 Å². The Morgan fingerprint density at radius 1 is 1.32 bits per heavy atom. The lowest BCUT2D eigenvalue weighted by Gasteiger charge is -2.16. The van der Waals surface area contributed by atoms with Gasteiger partial charge in [0, 0.05) is 17.7 Å². The van der Waals surface area contributed by atoms with Gasteiger partial charge in [0.1, 0.15) is 0 Å². The van der Waals surface area contributed by atoms with Crippen molar-refractivity contribution in [3.8, 4) is 17.6 Å². The van der Waals surface area contributed by atoms with Gasteiger partial charge in [0.05, 0.1) is 19.3 Å². The molecule has 0 radical (unpaired) electrons. The summed E-state index contributed by atoms with van der Waals surface area (Å²) in [6.45, 7) is 3.11. The number of hydrogen-bond donors (Lipinski definition) is 0. The van der Waals surface area contributed by atoms with E-state index in [0.717, 1.165) is 29.9 Å². The van der Waals surface area contributed by atoms with Crippen molar-refractivity contribution in [2.75, 3.05) is 13.2 Å². The van der Waals surface area contributed by atoms with Gasteiger partial charge in [-0.1, -0.05) is 6.07 Å². The van der Waals surface area contributed by atoms with E-state index in [0.29, 0.717) is 25.5 Å². The Morgan fingerprint density at radius 3 is 2.68 bits per heavy atom. The zero-order valence-electron chi connectivity index (χ0n) is 11.1. The number of nitriles is 1. The van der Waals surface area contributed by atoms with E-state index in [2.05, 4.69) is 6.07 Å². The quantitative estimate of drug-likeness (QED) is 0.711. The Bertz CT molecular complexity index is 478. The van der Waals surface area contributed by atoms with Gasteiger partial charge in [-0.15, -0.1) is 11.6 Å². The Morgan fingerprint density at radius 2 is 2.11 bits per heavy atom. The van der Waals surface area contributed by atoms with Gasteiger partial charge in [-0.05, 0) is 37.5 Å². The molecule has 1 fully saturated rings. The van der Waals surface area contributed by atoms with Crippen LogP contribution in [0.4, 0.5) is 0 Å². The number of benzene rings is 1. The maximum Gasteiger partial charge on any atom is 0.161 e. The Hall–Kier alpha value is -1.40. The molecule has 1 aromatic carbocycles. The molecule has 102 valence electrons. The highest BCUT2D eigenvalue weighted by atomic mass is 35.5. The predicted molar refractivity (Wildman–Crippen MR) is 74.6 cm³/mol. The second-order valence-corrected chi connectivity index (χ2v) is 5.24. The molecular formula is C15H18ClNO2. The fourth-order valence-corrected chi connectivity index (χ4v) is 2.14. The van der Waals surface area contributed by atoms with E-state index < -0.39 is 0 Å². The number of halogens is 1. The lowest BCUT2D eigenvalue weighted by Crippen LogP contribution is -2.13. The molecule has 2 rings (SSSR count). The van der Waals surface area contributed by atoms with Crippen molar-refractivity contribution in [3.63, 3.8) is 0 Å². The fourth-order valence-electron chi connectivity index (χ4n) is 1.97. The van der Waals surface area contributed by atoms with E-state index in [1.807, 2.05) is 25.1 Å². The lowest BCUT2D eigenvalue weighted by atomic mass is 10.1. The normalized spacial score (nSPS) is 15.6. The highest BCUT2D eigenvalue weighted by Crippen LogP contribution is 2.49. The van der Waals surface area contributed by atoms with Crippen LogP contribution in [-0.4, -0.2) is 13.2 Å². The van der Waals surface area contributed by atoms with Gasteiger partial charge in [-0.2, -0.15) is 5.26 Å². The lowest BCUT2D eigenvalue weighted by molar-refractivity contribution is 0.222. The zero-order valence-corrected chi connectivity index (χ0v) is 11.9. The highest BCUT2D eigenvalue weighted by molar-refractivity contribution is 6.17. The zero-order chi connectivity index (χ0) is 13.7. The van der Waals surface area contributed by atoms with E-state index in [4.69, 9.17) is 26.3 Å². The molecule has 0 amide bonds. The summed E-state index contributed by atoms with van der Waals surface area (Å²) in [5.41, 5.74) is 1.08. The minimum absolute atomic E-state index is 0.0728. The van der Waals surface area contributed by atoms with Crippen LogP contribution in [0.3, 0.4) is 0 Å². The van der Waals surface area contributed by atoms with Crippen molar-refractivity contribution in [2.45, 2.75) is 32.1 Å². The minimum Gasteiger partial charge on any atom is -0.490 e. The van der Waals surface area contributed by atoms with Gasteiger partial charge >= 0.3 is 0 Å². The summed E-state index contributed by atoms with van der Waals surface area (Å²) in [5.74, 6) is 1.92. The van der Waals surface area contributed by atoms with Crippen molar-refractivity contribution in [3.05, 3.63) is 23.8 Å². The van der Waals surface area contributed by atoms with E-state index in [9.17, 15) is 0 Å². The molecule has 4 heteroatoms. The molecule has 19 heavy (non-hydrogen) atoms. The van der Waals surface area contributed by atoms with Crippen LogP contribution >= 0.6 is 11.6 Å². The molecule has 0 aromatic heterocycles. The van der Waals surface area contributed by atoms with Crippen LogP contribution in [0.25, 0.3) is 0 Å². The summed E-state index contributed by atoms with van der Waals surface area (Å²) in [6, 6.07) is 7.98. The van der Waals surface area contributed by atoms with Crippen molar-refractivity contribution in [1.29, 1.82) is 5.26 Å². The van der Waals surface area contributed by atoms with Crippen LogP contribution in [0.2, 0.25) is 0 Å². The van der Waals surface area contributed by atoms with Crippen LogP contribution in [-0.2, 0) is 5.88 Å². The third-order valence-corrected chi connectivity index (χ3v) is 3.72. The molecule has 0 N–H and O–H groups in total. The van der Waals surface area contributed by atoms with Crippen LogP contribution in [0, 0.1) is 16.7 Å². The molecule has 0 spiro atoms. The Kier molecular flexibility index (Phi) is 4.55. The number of ether oxygens (including phenoxy) is 2. The maximum atomic E-state index is 8.80. The molecule has 1 saturated carbocycles. The highest BCUT2D eigenvalue weighted by Gasteiger charge is 2.43. The van der Waals surface area contributed by atoms with E-state index in [-0.39, 0.29) is 5.41 Å². The molecular weight excluding hydrogens is 262 g/mol. The molecule has 0 unspecified atom stereocenters. The number of rotatable bonds is 7. The van der Waals surface area contributed by atoms with Crippen LogP contribution in [0.5, 0.6) is 11.5 Å². The van der Waals surface area contributed by atoms with Crippen molar-refractivity contribution < 1.29 is 9.47 Å². The van der Waals surface area contributed by atoms with Crippen molar-refractivity contribution in [2.24, 2.45) is 5.41 Å². The van der Waals surface area contributed by atoms with Gasteiger partial charge in [0.15, 0.2) is 11.5 Å². The SMILES string of the molecule is CCOc1cc(CCl)ccc1OCC1(CC#N)CC1. The molecule has 0 heterocycles. The number of nitrogens with zero attached hydrogens (tertiary/aromatic N) is 1. The molecule has 0 aliphatic heterocycles. The molecule has 3 nitrogen and oxygen atoms in total. The third-order valence-electron chi connectivity index (χ3n) is 3.41. The average molecular weight is 280 g/mol. The monoisotopic (exact) mass is 279 g/mol. The van der Waals surface area contributed by atoms with Gasteiger partial charge in [-0.3, -0.25) is 0 Å². The van der Waals surface area contributed by atoms with Crippen molar-refractivity contribution in [1.82, 2.24) is 0 Å². The molecule has 1 aromatic rings. The molecule has 1 aliphatic rings. The minimum atomic E-state index is 0.0728. The summed E-state index contributed by atoms with van der Waals surface area (Å²) in [5, 5.41) is 8.80. The Labute approximate surface area is 119 Å². The van der Waals surface area contributed by atoms with Gasteiger partial charge < -0.3 is 9.47 Å². The first-order chi connectivity index (χ1) is 9.23. The Balaban J connectivity index is 2.05. The molecule has 0 bridgehead atoms. The maximum absolute atomic E-state index is 8.80. The van der Waals surface area contributed by atoms with E-state index in [1.54, 1.807) is 0 Å². The van der Waals surface area contributed by atoms with E-state index in [1.165, 1.54) is 0 Å². The molecule has 0 atom stereocenters. The fraction of sp³-hybridized carbons (Fsp3) is 0.533. The van der Waals surface area contributed by atoms with Crippen LogP contribution < -0.4 is 9.47 Å². The first-order valence-corrected chi connectivity index (χ1v) is 7.08. The predicted octanol–water partition coefficient (Wildman–Crippen LogP) is 3.90. The van der Waals surface area contributed by atoms with Gasteiger partial charge in [0.25, 0.3) is 0 Å². The summed E-state index contributed by atoms with van der Waals surface area (Å²) < 4.78 is 11.4. The third kappa shape index (κ3) is 3.54. The average Bonchev–Trinajstić information content (AvgIpc) is 3.18. The topological polar surface area (TPSA) is 42.2 Å². The summed E-state index contributed by atoms with van der Waals surface area (Å²) >= 11 is 5.82. The number of hydrogen-bond acceptors (Lipinski definition) is 3. The first kappa shape index (κ1) is 14.0. The summed E-state index contributed by atoms with van der Waals surface area (Å²) in [6.07, 6.45) is 2.71. The summed E-state index contributed by atoms with van der Waals surface area (Å²) in [7, 11) is 0.